The van der Waals surface area contributed by atoms with E-state index in [0.29, 0.717) is 11.8 Å². The molecule has 18 heavy (non-hydrogen) atoms. The molecule has 0 aliphatic carbocycles. The van der Waals surface area contributed by atoms with Crippen molar-refractivity contribution in [3.63, 3.8) is 0 Å². The number of nitrogens with one attached hydrogen (secondary N) is 1. The van der Waals surface area contributed by atoms with Gasteiger partial charge in [0.1, 0.15) is 0 Å². The predicted molar refractivity (Wildman–Crippen MR) is 56.0 cm³/mol. The maximum atomic E-state index is 12.6. The molecule has 0 saturated carbocycles. The Morgan fingerprint density at radius 1 is 1.28 bits per heavy atom. The largest absolute Gasteiger partial charge is 0.478 e. The molecular formula is C11H7F3N2O2. The van der Waals surface area contributed by atoms with Crippen molar-refractivity contribution >= 4 is 5.97 Å². The molecule has 1 aromatic heterocycles. The van der Waals surface area contributed by atoms with Crippen molar-refractivity contribution in [2.24, 2.45) is 0 Å². The molecule has 0 atom stereocenters. The summed E-state index contributed by atoms with van der Waals surface area (Å²) in [6.07, 6.45) is -1.97. The highest BCUT2D eigenvalue weighted by molar-refractivity contribution is 5.89. The van der Waals surface area contributed by atoms with Crippen LogP contribution < -0.4 is 0 Å². The molecule has 0 unspecified atom stereocenters. The van der Waals surface area contributed by atoms with E-state index in [1.807, 2.05) is 0 Å². The van der Waals surface area contributed by atoms with Crippen molar-refractivity contribution < 1.29 is 23.1 Å². The number of alkyl halides is 3. The number of benzene rings is 1. The van der Waals surface area contributed by atoms with Crippen LogP contribution in [0.2, 0.25) is 0 Å². The Morgan fingerprint density at radius 2 is 2.00 bits per heavy atom. The van der Waals surface area contributed by atoms with Gasteiger partial charge >= 0.3 is 12.1 Å². The molecule has 0 saturated heterocycles. The molecule has 1 heterocycles. The van der Waals surface area contributed by atoms with Gasteiger partial charge in [0, 0.05) is 5.56 Å². The minimum atomic E-state index is -4.60. The third-order valence-electron chi connectivity index (χ3n) is 2.32. The highest BCUT2D eigenvalue weighted by Crippen LogP contribution is 2.32. The fourth-order valence-corrected chi connectivity index (χ4v) is 1.48. The summed E-state index contributed by atoms with van der Waals surface area (Å²) >= 11 is 0. The van der Waals surface area contributed by atoms with Crippen LogP contribution in [0.3, 0.4) is 0 Å². The van der Waals surface area contributed by atoms with Crippen LogP contribution in [-0.4, -0.2) is 21.0 Å². The number of aromatic nitrogens is 2. The number of H-pyrrole nitrogens is 1. The molecule has 0 aliphatic rings. The summed E-state index contributed by atoms with van der Waals surface area (Å²) in [5, 5.41) is 8.80. The minimum absolute atomic E-state index is 0.125. The maximum absolute atomic E-state index is 12.6. The van der Waals surface area contributed by atoms with E-state index in [1.165, 1.54) is 12.5 Å². The number of carboxylic acids is 1. The summed E-state index contributed by atoms with van der Waals surface area (Å²) in [4.78, 5) is 17.1. The summed E-state index contributed by atoms with van der Waals surface area (Å²) in [5.74, 6) is -1.41. The van der Waals surface area contributed by atoms with Crippen molar-refractivity contribution in [1.29, 1.82) is 0 Å². The zero-order valence-electron chi connectivity index (χ0n) is 8.82. The van der Waals surface area contributed by atoms with Crippen molar-refractivity contribution in [2.45, 2.75) is 6.18 Å². The molecule has 0 radical (unpaired) electrons. The highest BCUT2D eigenvalue weighted by Gasteiger charge is 2.32. The van der Waals surface area contributed by atoms with Crippen molar-refractivity contribution in [2.75, 3.05) is 0 Å². The SMILES string of the molecule is O=C(O)c1cc(-c2cnc[nH]2)cc(C(F)(F)F)c1. The third-order valence-corrected chi connectivity index (χ3v) is 2.32. The number of rotatable bonds is 2. The summed E-state index contributed by atoms with van der Waals surface area (Å²) in [7, 11) is 0. The van der Waals surface area contributed by atoms with Gasteiger partial charge < -0.3 is 10.1 Å². The van der Waals surface area contributed by atoms with E-state index < -0.39 is 23.3 Å². The molecule has 94 valence electrons. The van der Waals surface area contributed by atoms with Gasteiger partial charge in [0.05, 0.1) is 29.3 Å². The van der Waals surface area contributed by atoms with Crippen LogP contribution in [0.25, 0.3) is 11.3 Å². The zero-order chi connectivity index (χ0) is 13.3. The fourth-order valence-electron chi connectivity index (χ4n) is 1.48. The van der Waals surface area contributed by atoms with Crippen molar-refractivity contribution in [3.8, 4) is 11.3 Å². The molecule has 2 N–H and O–H groups in total. The Morgan fingerprint density at radius 3 is 2.50 bits per heavy atom. The number of aromatic amines is 1. The second kappa shape index (κ2) is 4.17. The van der Waals surface area contributed by atoms with Gasteiger partial charge in [-0.2, -0.15) is 13.2 Å². The van der Waals surface area contributed by atoms with Crippen molar-refractivity contribution in [3.05, 3.63) is 41.9 Å². The molecule has 0 amide bonds. The van der Waals surface area contributed by atoms with Gasteiger partial charge in [-0.3, -0.25) is 0 Å². The second-order valence-corrected chi connectivity index (χ2v) is 3.57. The lowest BCUT2D eigenvalue weighted by Crippen LogP contribution is -2.08. The fraction of sp³-hybridized carbons (Fsp3) is 0.0909. The molecule has 0 bridgehead atoms. The molecule has 4 nitrogen and oxygen atoms in total. The smallest absolute Gasteiger partial charge is 0.416 e. The number of carboxylic acid groups (broad SMARTS) is 1. The van der Waals surface area contributed by atoms with Crippen LogP contribution in [0.15, 0.2) is 30.7 Å². The van der Waals surface area contributed by atoms with E-state index in [2.05, 4.69) is 9.97 Å². The molecular weight excluding hydrogens is 249 g/mol. The van der Waals surface area contributed by atoms with Crippen LogP contribution in [0.4, 0.5) is 13.2 Å². The lowest BCUT2D eigenvalue weighted by molar-refractivity contribution is -0.137. The number of carbonyl (C=O) groups is 1. The van der Waals surface area contributed by atoms with E-state index in [9.17, 15) is 18.0 Å². The Kier molecular flexibility index (Phi) is 2.82. The first-order valence-corrected chi connectivity index (χ1v) is 4.82. The molecule has 1 aromatic carbocycles. The number of hydrogen-bond acceptors (Lipinski definition) is 2. The summed E-state index contributed by atoms with van der Waals surface area (Å²) in [6.45, 7) is 0. The molecule has 0 aliphatic heterocycles. The average Bonchev–Trinajstić information content (AvgIpc) is 2.80. The van der Waals surface area contributed by atoms with Crippen LogP contribution in [0, 0.1) is 0 Å². The molecule has 0 spiro atoms. The van der Waals surface area contributed by atoms with Gasteiger partial charge in [0.25, 0.3) is 0 Å². The normalized spacial score (nSPS) is 11.5. The first-order valence-electron chi connectivity index (χ1n) is 4.82. The van der Waals surface area contributed by atoms with Gasteiger partial charge in [-0.1, -0.05) is 0 Å². The van der Waals surface area contributed by atoms with Crippen LogP contribution in [-0.2, 0) is 6.18 Å². The second-order valence-electron chi connectivity index (χ2n) is 3.57. The quantitative estimate of drug-likeness (QED) is 0.868. The van der Waals surface area contributed by atoms with E-state index >= 15 is 0 Å². The third kappa shape index (κ3) is 2.34. The molecule has 2 aromatic rings. The first kappa shape index (κ1) is 12.2. The summed E-state index contributed by atoms with van der Waals surface area (Å²) in [5.41, 5.74) is -0.982. The van der Waals surface area contributed by atoms with E-state index in [-0.39, 0.29) is 5.56 Å². The Labute approximate surface area is 99.1 Å². The minimum Gasteiger partial charge on any atom is -0.478 e. The van der Waals surface area contributed by atoms with Gasteiger partial charge in [0.2, 0.25) is 0 Å². The number of nitrogens with zero attached hydrogens (tertiary/aromatic N) is 1. The highest BCUT2D eigenvalue weighted by atomic mass is 19.4. The van der Waals surface area contributed by atoms with Gasteiger partial charge in [0.15, 0.2) is 0 Å². The number of halogens is 3. The molecule has 7 heteroatoms. The Balaban J connectivity index is 2.61. The molecule has 2 rings (SSSR count). The van der Waals surface area contributed by atoms with Gasteiger partial charge in [-0.05, 0) is 18.2 Å². The van der Waals surface area contributed by atoms with Gasteiger partial charge in [-0.25, -0.2) is 9.78 Å². The van der Waals surface area contributed by atoms with Crippen LogP contribution in [0.5, 0.6) is 0 Å². The number of hydrogen-bond donors (Lipinski definition) is 2. The van der Waals surface area contributed by atoms with E-state index in [4.69, 9.17) is 5.11 Å². The molecule has 0 fully saturated rings. The van der Waals surface area contributed by atoms with Crippen molar-refractivity contribution in [1.82, 2.24) is 9.97 Å². The van der Waals surface area contributed by atoms with Crippen LogP contribution in [0.1, 0.15) is 15.9 Å². The topological polar surface area (TPSA) is 66.0 Å². The standard InChI is InChI=1S/C11H7F3N2O2/c12-11(13,14)8-2-6(9-4-15-5-16-9)1-7(3-8)10(17)18/h1-5H,(H,15,16)(H,17,18). The lowest BCUT2D eigenvalue weighted by atomic mass is 10.0. The number of aromatic carboxylic acids is 1. The number of imidazole rings is 1. The Hall–Kier alpha value is -2.31. The average molecular weight is 256 g/mol. The zero-order valence-corrected chi connectivity index (χ0v) is 8.82. The predicted octanol–water partition coefficient (Wildman–Crippen LogP) is 2.79. The lowest BCUT2D eigenvalue weighted by Gasteiger charge is -2.09. The van der Waals surface area contributed by atoms with Crippen LogP contribution >= 0.6 is 0 Å². The van der Waals surface area contributed by atoms with E-state index in [1.54, 1.807) is 0 Å². The monoisotopic (exact) mass is 256 g/mol. The maximum Gasteiger partial charge on any atom is 0.416 e. The summed E-state index contributed by atoms with van der Waals surface area (Å²) < 4.78 is 37.9. The van der Waals surface area contributed by atoms with Gasteiger partial charge in [-0.15, -0.1) is 0 Å². The first-order chi connectivity index (χ1) is 8.38. The Bertz CT molecular complexity index is 576. The van der Waals surface area contributed by atoms with E-state index in [0.717, 1.165) is 12.1 Å². The summed E-state index contributed by atoms with van der Waals surface area (Å²) in [6, 6.07) is 2.63.